The summed E-state index contributed by atoms with van der Waals surface area (Å²) in [4.78, 5) is 31.6. The standard InChI is InChI=1S/C15H13N3O3S/c19-14(16-7-11-2-1-5-22-11)8-21-15(20)10-3-4-12-13(6-10)18-9-17-12/h1-6,9H,7-8H2,(H,16,19)(H,17,18). The van der Waals surface area contributed by atoms with E-state index < -0.39 is 5.97 Å². The molecule has 112 valence electrons. The second-order valence-corrected chi connectivity index (χ2v) is 5.60. The number of benzene rings is 1. The average molecular weight is 315 g/mol. The number of nitrogens with one attached hydrogen (secondary N) is 2. The van der Waals surface area contributed by atoms with Crippen molar-refractivity contribution >= 4 is 34.2 Å². The van der Waals surface area contributed by atoms with Gasteiger partial charge in [-0.1, -0.05) is 6.07 Å². The predicted molar refractivity (Wildman–Crippen MR) is 82.5 cm³/mol. The van der Waals surface area contributed by atoms with Gasteiger partial charge in [0.15, 0.2) is 6.61 Å². The van der Waals surface area contributed by atoms with E-state index in [-0.39, 0.29) is 12.5 Å². The number of ether oxygens (including phenoxy) is 1. The molecule has 2 aromatic heterocycles. The monoisotopic (exact) mass is 315 g/mol. The minimum absolute atomic E-state index is 0.300. The van der Waals surface area contributed by atoms with Crippen LogP contribution >= 0.6 is 11.3 Å². The molecule has 0 spiro atoms. The van der Waals surface area contributed by atoms with Crippen molar-refractivity contribution in [1.29, 1.82) is 0 Å². The highest BCUT2D eigenvalue weighted by molar-refractivity contribution is 7.09. The fraction of sp³-hybridized carbons (Fsp3) is 0.133. The van der Waals surface area contributed by atoms with Crippen LogP contribution in [0.1, 0.15) is 15.2 Å². The van der Waals surface area contributed by atoms with E-state index in [1.54, 1.807) is 35.9 Å². The number of esters is 1. The molecule has 1 aromatic carbocycles. The Kier molecular flexibility index (Phi) is 4.15. The van der Waals surface area contributed by atoms with Crippen molar-refractivity contribution in [3.63, 3.8) is 0 Å². The van der Waals surface area contributed by atoms with E-state index in [1.165, 1.54) is 0 Å². The highest BCUT2D eigenvalue weighted by Crippen LogP contribution is 2.12. The maximum Gasteiger partial charge on any atom is 0.338 e. The highest BCUT2D eigenvalue weighted by Gasteiger charge is 2.11. The first-order chi connectivity index (χ1) is 10.7. The van der Waals surface area contributed by atoms with E-state index >= 15 is 0 Å². The van der Waals surface area contributed by atoms with Gasteiger partial charge in [0.05, 0.1) is 29.5 Å². The van der Waals surface area contributed by atoms with E-state index in [2.05, 4.69) is 15.3 Å². The Balaban J connectivity index is 1.51. The average Bonchev–Trinajstić information content (AvgIpc) is 3.20. The first-order valence-corrected chi connectivity index (χ1v) is 7.50. The van der Waals surface area contributed by atoms with Crippen molar-refractivity contribution < 1.29 is 14.3 Å². The molecule has 22 heavy (non-hydrogen) atoms. The summed E-state index contributed by atoms with van der Waals surface area (Å²) in [5.41, 5.74) is 1.89. The molecule has 0 aliphatic carbocycles. The van der Waals surface area contributed by atoms with Crippen LogP contribution in [-0.2, 0) is 16.1 Å². The summed E-state index contributed by atoms with van der Waals surface area (Å²) in [7, 11) is 0. The lowest BCUT2D eigenvalue weighted by Crippen LogP contribution is -2.28. The Morgan fingerprint density at radius 3 is 3.05 bits per heavy atom. The fourth-order valence-electron chi connectivity index (χ4n) is 1.93. The molecule has 0 unspecified atom stereocenters. The molecule has 2 heterocycles. The van der Waals surface area contributed by atoms with Crippen molar-refractivity contribution in [3.8, 4) is 0 Å². The SMILES string of the molecule is O=C(COC(=O)c1ccc2nc[nH]c2c1)NCc1cccs1. The zero-order valence-electron chi connectivity index (χ0n) is 11.5. The van der Waals surface area contributed by atoms with E-state index in [4.69, 9.17) is 4.74 Å². The summed E-state index contributed by atoms with van der Waals surface area (Å²) in [6.07, 6.45) is 1.55. The quantitative estimate of drug-likeness (QED) is 0.706. The maximum absolute atomic E-state index is 11.9. The summed E-state index contributed by atoms with van der Waals surface area (Å²) in [6, 6.07) is 8.83. The normalized spacial score (nSPS) is 10.5. The van der Waals surface area contributed by atoms with E-state index in [1.807, 2.05) is 17.5 Å². The van der Waals surface area contributed by atoms with Crippen molar-refractivity contribution in [2.75, 3.05) is 6.61 Å². The number of carbonyl (C=O) groups excluding carboxylic acids is 2. The predicted octanol–water partition coefficient (Wildman–Crippen LogP) is 2.10. The Hall–Kier alpha value is -2.67. The molecule has 1 amide bonds. The number of thiophene rings is 1. The van der Waals surface area contributed by atoms with E-state index in [9.17, 15) is 9.59 Å². The Morgan fingerprint density at radius 1 is 1.32 bits per heavy atom. The summed E-state index contributed by atoms with van der Waals surface area (Å²) in [5, 5.41) is 4.63. The Morgan fingerprint density at radius 2 is 2.23 bits per heavy atom. The van der Waals surface area contributed by atoms with Gasteiger partial charge in [-0.2, -0.15) is 0 Å². The fourth-order valence-corrected chi connectivity index (χ4v) is 2.57. The summed E-state index contributed by atoms with van der Waals surface area (Å²) in [5.74, 6) is -0.868. The summed E-state index contributed by atoms with van der Waals surface area (Å²) < 4.78 is 5.00. The number of rotatable bonds is 5. The molecule has 0 atom stereocenters. The summed E-state index contributed by atoms with van der Waals surface area (Å²) in [6.45, 7) is 0.138. The van der Waals surface area contributed by atoms with Crippen LogP contribution in [-0.4, -0.2) is 28.5 Å². The van der Waals surface area contributed by atoms with Gasteiger partial charge in [-0.05, 0) is 29.6 Å². The van der Waals surface area contributed by atoms with Gasteiger partial charge in [0.25, 0.3) is 5.91 Å². The van der Waals surface area contributed by atoms with Gasteiger partial charge >= 0.3 is 5.97 Å². The molecule has 0 radical (unpaired) electrons. The van der Waals surface area contributed by atoms with E-state index in [0.29, 0.717) is 12.1 Å². The molecule has 2 N–H and O–H groups in total. The molecule has 3 aromatic rings. The van der Waals surface area contributed by atoms with E-state index in [0.717, 1.165) is 15.9 Å². The van der Waals surface area contributed by atoms with Crippen LogP contribution in [0.4, 0.5) is 0 Å². The number of fused-ring (bicyclic) bond motifs is 1. The number of carbonyl (C=O) groups is 2. The van der Waals surface area contributed by atoms with Gasteiger partial charge in [0.2, 0.25) is 0 Å². The van der Waals surface area contributed by atoms with Crippen LogP contribution < -0.4 is 5.32 Å². The third kappa shape index (κ3) is 3.32. The van der Waals surface area contributed by atoms with Crippen LogP contribution in [0.15, 0.2) is 42.0 Å². The highest BCUT2D eigenvalue weighted by atomic mass is 32.1. The first kappa shape index (κ1) is 14.3. The van der Waals surface area contributed by atoms with Gasteiger partial charge < -0.3 is 15.0 Å². The van der Waals surface area contributed by atoms with Crippen molar-refractivity contribution in [1.82, 2.24) is 15.3 Å². The van der Waals surface area contributed by atoms with Gasteiger partial charge in [-0.25, -0.2) is 9.78 Å². The van der Waals surface area contributed by atoms with Gasteiger partial charge in [0.1, 0.15) is 0 Å². The number of aromatic amines is 1. The molecule has 0 bridgehead atoms. The second kappa shape index (κ2) is 6.40. The van der Waals surface area contributed by atoms with Crippen molar-refractivity contribution in [3.05, 3.63) is 52.5 Å². The van der Waals surface area contributed by atoms with Crippen molar-refractivity contribution in [2.45, 2.75) is 6.54 Å². The minimum Gasteiger partial charge on any atom is -0.452 e. The zero-order valence-corrected chi connectivity index (χ0v) is 12.4. The molecule has 0 saturated carbocycles. The van der Waals surface area contributed by atoms with Crippen LogP contribution in [0.5, 0.6) is 0 Å². The molecule has 0 fully saturated rings. The van der Waals surface area contributed by atoms with Crippen LogP contribution in [0.25, 0.3) is 11.0 Å². The number of nitrogens with zero attached hydrogens (tertiary/aromatic N) is 1. The number of aromatic nitrogens is 2. The Bertz CT molecular complexity index is 795. The van der Waals surface area contributed by atoms with Crippen LogP contribution in [0, 0.1) is 0 Å². The van der Waals surface area contributed by atoms with Crippen molar-refractivity contribution in [2.24, 2.45) is 0 Å². The first-order valence-electron chi connectivity index (χ1n) is 6.62. The largest absolute Gasteiger partial charge is 0.452 e. The smallest absolute Gasteiger partial charge is 0.338 e. The molecule has 0 aliphatic heterocycles. The molecular formula is C15H13N3O3S. The zero-order chi connectivity index (χ0) is 15.4. The van der Waals surface area contributed by atoms with Crippen LogP contribution in [0.2, 0.25) is 0 Å². The number of H-pyrrole nitrogens is 1. The number of imidazole rings is 1. The third-order valence-corrected chi connectivity index (χ3v) is 3.91. The number of hydrogen-bond acceptors (Lipinski definition) is 5. The number of amides is 1. The van der Waals surface area contributed by atoms with Gasteiger partial charge in [-0.15, -0.1) is 11.3 Å². The number of hydrogen-bond donors (Lipinski definition) is 2. The lowest BCUT2D eigenvalue weighted by molar-refractivity contribution is -0.124. The lowest BCUT2D eigenvalue weighted by atomic mass is 10.2. The molecule has 3 rings (SSSR count). The maximum atomic E-state index is 11.9. The topological polar surface area (TPSA) is 84.1 Å². The molecule has 7 heteroatoms. The molecule has 0 saturated heterocycles. The molecule has 6 nitrogen and oxygen atoms in total. The second-order valence-electron chi connectivity index (χ2n) is 4.57. The molecular weight excluding hydrogens is 302 g/mol. The minimum atomic E-state index is -0.539. The third-order valence-electron chi connectivity index (χ3n) is 3.03. The lowest BCUT2D eigenvalue weighted by Gasteiger charge is -2.06. The van der Waals surface area contributed by atoms with Crippen LogP contribution in [0.3, 0.4) is 0 Å². The molecule has 0 aliphatic rings. The van der Waals surface area contributed by atoms with Gasteiger partial charge in [0, 0.05) is 4.88 Å². The Labute approximate surface area is 130 Å². The van der Waals surface area contributed by atoms with Gasteiger partial charge in [-0.3, -0.25) is 4.79 Å². The summed E-state index contributed by atoms with van der Waals surface area (Å²) >= 11 is 1.56.